The second-order valence-corrected chi connectivity index (χ2v) is 2.42. The summed E-state index contributed by atoms with van der Waals surface area (Å²) < 4.78 is 0. The molecule has 0 saturated heterocycles. The van der Waals surface area contributed by atoms with Crippen molar-refractivity contribution in [1.29, 1.82) is 0 Å². The average molecular weight is 170 g/mol. The molecule has 5 heteroatoms. The third-order valence-corrected chi connectivity index (χ3v) is 1.69. The lowest BCUT2D eigenvalue weighted by Gasteiger charge is -1.90. The highest BCUT2D eigenvalue weighted by Crippen LogP contribution is 2.27. The third-order valence-electron chi connectivity index (χ3n) is 1.40. The number of rotatable bonds is 0. The van der Waals surface area contributed by atoms with Crippen LogP contribution >= 0.6 is 11.6 Å². The predicted molar refractivity (Wildman–Crippen MR) is 40.6 cm³/mol. The minimum atomic E-state index is 0.0746. The molecule has 0 aromatic carbocycles. The highest BCUT2D eigenvalue weighted by Gasteiger charge is 2.06. The Hall–Kier alpha value is -1.29. The van der Waals surface area contributed by atoms with Crippen LogP contribution in [0.1, 0.15) is 0 Å². The molecule has 2 heterocycles. The first kappa shape index (κ1) is 6.42. The molecule has 2 aromatic heterocycles. The number of aromatic nitrogens is 3. The molecule has 2 aromatic rings. The molecule has 0 fully saturated rings. The van der Waals surface area contributed by atoms with Crippen LogP contribution in [-0.2, 0) is 0 Å². The monoisotopic (exact) mass is 169 g/mol. The van der Waals surface area contributed by atoms with Crippen molar-refractivity contribution in [3.05, 3.63) is 17.7 Å². The van der Waals surface area contributed by atoms with Gasteiger partial charge in [0.1, 0.15) is 22.9 Å². The summed E-state index contributed by atoms with van der Waals surface area (Å²) in [5.41, 5.74) is 0.544. The number of fused-ring (bicyclic) bond motifs is 1. The fraction of sp³-hybridized carbons (Fsp3) is 0. The van der Waals surface area contributed by atoms with E-state index in [1.54, 1.807) is 0 Å². The highest BCUT2D eigenvalue weighted by molar-refractivity contribution is 6.34. The average Bonchev–Trinajstić information content (AvgIpc) is 2.34. The Bertz CT molecular complexity index is 398. The minimum absolute atomic E-state index is 0.0746. The second-order valence-electron chi connectivity index (χ2n) is 2.06. The first-order chi connectivity index (χ1) is 5.29. The maximum Gasteiger partial charge on any atom is 0.146 e. The van der Waals surface area contributed by atoms with Crippen molar-refractivity contribution >= 4 is 22.6 Å². The van der Waals surface area contributed by atoms with E-state index in [1.165, 1.54) is 12.5 Å². The maximum atomic E-state index is 9.20. The standard InChI is InChI=1S/C6H4ClN3O/c7-5-4-3(11)1-8-6(4)10-2-9-5/h1-2,11H,(H,8,9,10). The Kier molecular flexibility index (Phi) is 1.22. The van der Waals surface area contributed by atoms with Crippen molar-refractivity contribution < 1.29 is 5.11 Å². The Balaban J connectivity index is 2.96. The van der Waals surface area contributed by atoms with Gasteiger partial charge in [0.15, 0.2) is 0 Å². The second kappa shape index (κ2) is 2.10. The molecular formula is C6H4ClN3O. The molecule has 0 amide bonds. The van der Waals surface area contributed by atoms with Gasteiger partial charge in [-0.1, -0.05) is 11.6 Å². The van der Waals surface area contributed by atoms with E-state index in [4.69, 9.17) is 11.6 Å². The van der Waals surface area contributed by atoms with E-state index in [1.807, 2.05) is 0 Å². The molecule has 0 aliphatic carbocycles. The molecule has 0 bridgehead atoms. The highest BCUT2D eigenvalue weighted by atomic mass is 35.5. The number of halogens is 1. The zero-order chi connectivity index (χ0) is 7.84. The van der Waals surface area contributed by atoms with E-state index < -0.39 is 0 Å². The van der Waals surface area contributed by atoms with Crippen LogP contribution in [-0.4, -0.2) is 20.1 Å². The number of aromatic hydroxyl groups is 1. The molecular weight excluding hydrogens is 166 g/mol. The van der Waals surface area contributed by atoms with Gasteiger partial charge in [0.05, 0.1) is 5.39 Å². The molecule has 0 saturated carbocycles. The summed E-state index contributed by atoms with van der Waals surface area (Å²) in [5.74, 6) is 0.0746. The first-order valence-corrected chi connectivity index (χ1v) is 3.33. The van der Waals surface area contributed by atoms with E-state index in [0.29, 0.717) is 11.0 Å². The van der Waals surface area contributed by atoms with Crippen molar-refractivity contribution in [3.8, 4) is 5.75 Å². The predicted octanol–water partition coefficient (Wildman–Crippen LogP) is 1.32. The lowest BCUT2D eigenvalue weighted by Crippen LogP contribution is -1.79. The number of aromatic amines is 1. The molecule has 0 unspecified atom stereocenters. The van der Waals surface area contributed by atoms with E-state index in [2.05, 4.69) is 15.0 Å². The van der Waals surface area contributed by atoms with Crippen LogP contribution in [0.15, 0.2) is 12.5 Å². The van der Waals surface area contributed by atoms with Crippen molar-refractivity contribution in [2.45, 2.75) is 0 Å². The summed E-state index contributed by atoms with van der Waals surface area (Å²) in [6.07, 6.45) is 2.76. The Morgan fingerprint density at radius 1 is 1.45 bits per heavy atom. The summed E-state index contributed by atoms with van der Waals surface area (Å²) >= 11 is 5.67. The SMILES string of the molecule is Oc1c[nH]c2ncnc(Cl)c12. The Morgan fingerprint density at radius 2 is 2.27 bits per heavy atom. The first-order valence-electron chi connectivity index (χ1n) is 2.95. The summed E-state index contributed by atoms with van der Waals surface area (Å²) in [6.45, 7) is 0. The topological polar surface area (TPSA) is 61.8 Å². The Morgan fingerprint density at radius 3 is 3.00 bits per heavy atom. The fourth-order valence-electron chi connectivity index (χ4n) is 0.909. The molecule has 2 N–H and O–H groups in total. The van der Waals surface area contributed by atoms with Crippen LogP contribution in [0.4, 0.5) is 0 Å². The van der Waals surface area contributed by atoms with Crippen molar-refractivity contribution in [2.24, 2.45) is 0 Å². The van der Waals surface area contributed by atoms with Crippen LogP contribution < -0.4 is 0 Å². The largest absolute Gasteiger partial charge is 0.506 e. The van der Waals surface area contributed by atoms with Crippen LogP contribution in [0.3, 0.4) is 0 Å². The molecule has 0 radical (unpaired) electrons. The van der Waals surface area contributed by atoms with Gasteiger partial charge in [-0.15, -0.1) is 0 Å². The van der Waals surface area contributed by atoms with Gasteiger partial charge >= 0.3 is 0 Å². The summed E-state index contributed by atoms with van der Waals surface area (Å²) in [7, 11) is 0. The normalized spacial score (nSPS) is 10.6. The molecule has 2 rings (SSSR count). The minimum Gasteiger partial charge on any atom is -0.506 e. The molecule has 0 atom stereocenters. The van der Waals surface area contributed by atoms with E-state index in [-0.39, 0.29) is 10.9 Å². The smallest absolute Gasteiger partial charge is 0.146 e. The summed E-state index contributed by atoms with van der Waals surface area (Å²) in [5, 5.41) is 9.92. The van der Waals surface area contributed by atoms with Gasteiger partial charge in [-0.2, -0.15) is 0 Å². The van der Waals surface area contributed by atoms with Gasteiger partial charge in [-0.05, 0) is 0 Å². The van der Waals surface area contributed by atoms with Crippen molar-refractivity contribution in [3.63, 3.8) is 0 Å². The third kappa shape index (κ3) is 0.832. The van der Waals surface area contributed by atoms with Crippen LogP contribution in [0.2, 0.25) is 5.15 Å². The zero-order valence-corrected chi connectivity index (χ0v) is 6.13. The lowest BCUT2D eigenvalue weighted by molar-refractivity contribution is 0.481. The molecule has 11 heavy (non-hydrogen) atoms. The van der Waals surface area contributed by atoms with Crippen LogP contribution in [0.25, 0.3) is 11.0 Å². The molecule has 0 aliphatic heterocycles. The van der Waals surface area contributed by atoms with Crippen molar-refractivity contribution in [2.75, 3.05) is 0 Å². The van der Waals surface area contributed by atoms with Gasteiger partial charge in [0.25, 0.3) is 0 Å². The van der Waals surface area contributed by atoms with Gasteiger partial charge in [-0.25, -0.2) is 9.97 Å². The fourth-order valence-corrected chi connectivity index (χ4v) is 1.14. The Labute approximate surface area is 66.9 Å². The number of nitrogens with one attached hydrogen (secondary N) is 1. The number of H-pyrrole nitrogens is 1. The molecule has 0 spiro atoms. The number of hydrogen-bond acceptors (Lipinski definition) is 3. The van der Waals surface area contributed by atoms with Crippen molar-refractivity contribution in [1.82, 2.24) is 15.0 Å². The maximum absolute atomic E-state index is 9.20. The van der Waals surface area contributed by atoms with Gasteiger partial charge in [0, 0.05) is 6.20 Å². The van der Waals surface area contributed by atoms with E-state index in [0.717, 1.165) is 0 Å². The van der Waals surface area contributed by atoms with Gasteiger partial charge in [-0.3, -0.25) is 0 Å². The molecule has 4 nitrogen and oxygen atoms in total. The molecule has 0 aliphatic rings. The number of nitrogens with zero attached hydrogens (tertiary/aromatic N) is 2. The number of hydrogen-bond donors (Lipinski definition) is 2. The van der Waals surface area contributed by atoms with E-state index >= 15 is 0 Å². The molecule has 56 valence electrons. The lowest BCUT2D eigenvalue weighted by atomic mass is 10.4. The zero-order valence-electron chi connectivity index (χ0n) is 5.37. The van der Waals surface area contributed by atoms with Crippen LogP contribution in [0, 0.1) is 0 Å². The van der Waals surface area contributed by atoms with E-state index in [9.17, 15) is 5.11 Å². The quantitative estimate of drug-likeness (QED) is 0.585. The van der Waals surface area contributed by atoms with Gasteiger partial charge in [0.2, 0.25) is 0 Å². The van der Waals surface area contributed by atoms with Crippen LogP contribution in [0.5, 0.6) is 5.75 Å². The summed E-state index contributed by atoms with van der Waals surface area (Å²) in [6, 6.07) is 0. The summed E-state index contributed by atoms with van der Waals surface area (Å²) in [4.78, 5) is 10.3. The van der Waals surface area contributed by atoms with Gasteiger partial charge < -0.3 is 10.1 Å².